The van der Waals surface area contributed by atoms with Crippen LogP contribution in [0, 0.1) is 0 Å². The molecule has 1 unspecified atom stereocenters. The van der Waals surface area contributed by atoms with E-state index in [1.54, 1.807) is 0 Å². The fourth-order valence-corrected chi connectivity index (χ4v) is 2.18. The van der Waals surface area contributed by atoms with Crippen LogP contribution in [0.5, 0.6) is 0 Å². The van der Waals surface area contributed by atoms with Crippen molar-refractivity contribution in [1.82, 2.24) is 4.90 Å². The van der Waals surface area contributed by atoms with Crippen molar-refractivity contribution in [2.24, 2.45) is 5.73 Å². The fraction of sp³-hybridized carbons (Fsp3) is 0.667. The number of carbonyl (C=O) groups excluding carboxylic acids is 1. The van der Waals surface area contributed by atoms with E-state index < -0.39 is 0 Å². The third-order valence-electron chi connectivity index (χ3n) is 2.29. The van der Waals surface area contributed by atoms with E-state index in [-0.39, 0.29) is 11.9 Å². The summed E-state index contributed by atoms with van der Waals surface area (Å²) in [6.07, 6.45) is 3.92. The van der Waals surface area contributed by atoms with Gasteiger partial charge in [-0.1, -0.05) is 28.9 Å². The Hall–Kier alpha value is -0.350. The number of nitrogens with two attached hydrogens (primary N) is 1. The van der Waals surface area contributed by atoms with Gasteiger partial charge in [0.2, 0.25) is 5.91 Å². The molecule has 0 radical (unpaired) electrons. The molecule has 1 aliphatic rings. The van der Waals surface area contributed by atoms with Crippen LogP contribution in [0.4, 0.5) is 0 Å². The number of halogens is 1. The molecule has 2 N–H and O–H groups in total. The number of hydrogen-bond donors (Lipinski definition) is 1. The van der Waals surface area contributed by atoms with E-state index in [1.807, 2.05) is 6.92 Å². The van der Waals surface area contributed by atoms with Gasteiger partial charge in [-0.2, -0.15) is 0 Å². The number of rotatable bonds is 3. The van der Waals surface area contributed by atoms with E-state index >= 15 is 0 Å². The lowest BCUT2D eigenvalue weighted by molar-refractivity contribution is -0.123. The highest BCUT2D eigenvalue weighted by atomic mass is 79.9. The van der Waals surface area contributed by atoms with Crippen LogP contribution in [-0.4, -0.2) is 29.9 Å². The second kappa shape index (κ2) is 4.77. The molecular weight excluding hydrogens is 232 g/mol. The van der Waals surface area contributed by atoms with Gasteiger partial charge in [0.1, 0.15) is 0 Å². The van der Waals surface area contributed by atoms with Crippen LogP contribution in [0.15, 0.2) is 10.6 Å². The lowest BCUT2D eigenvalue weighted by atomic mass is 10.1. The first kappa shape index (κ1) is 10.7. The summed E-state index contributed by atoms with van der Waals surface area (Å²) in [5, 5.41) is 0. The molecule has 74 valence electrons. The Balaban J connectivity index is 2.60. The first-order chi connectivity index (χ1) is 6.15. The van der Waals surface area contributed by atoms with Crippen molar-refractivity contribution in [3.8, 4) is 0 Å². The van der Waals surface area contributed by atoms with Crippen molar-refractivity contribution in [2.45, 2.75) is 25.8 Å². The van der Waals surface area contributed by atoms with Crippen LogP contribution in [0.1, 0.15) is 19.8 Å². The van der Waals surface area contributed by atoms with E-state index in [9.17, 15) is 4.79 Å². The molecule has 0 aromatic heterocycles. The first-order valence-electron chi connectivity index (χ1n) is 4.53. The highest BCUT2D eigenvalue weighted by molar-refractivity contribution is 9.11. The molecule has 3 nitrogen and oxygen atoms in total. The summed E-state index contributed by atoms with van der Waals surface area (Å²) in [5.74, 6) is -0.218. The van der Waals surface area contributed by atoms with Gasteiger partial charge in [0.05, 0.1) is 6.04 Å². The lowest BCUT2D eigenvalue weighted by Crippen LogP contribution is -2.46. The molecule has 1 aliphatic heterocycles. The van der Waals surface area contributed by atoms with Gasteiger partial charge in [-0.05, 0) is 12.8 Å². The predicted molar refractivity (Wildman–Crippen MR) is 56.5 cm³/mol. The van der Waals surface area contributed by atoms with Crippen LogP contribution in [0.25, 0.3) is 0 Å². The summed E-state index contributed by atoms with van der Waals surface area (Å²) in [7, 11) is 0. The van der Waals surface area contributed by atoms with Crippen molar-refractivity contribution in [3.05, 3.63) is 10.6 Å². The number of amides is 1. The molecule has 0 aliphatic carbocycles. The topological polar surface area (TPSA) is 46.3 Å². The third-order valence-corrected chi connectivity index (χ3v) is 2.87. The van der Waals surface area contributed by atoms with Crippen LogP contribution in [0.2, 0.25) is 0 Å². The Morgan fingerprint density at radius 3 is 3.00 bits per heavy atom. The zero-order chi connectivity index (χ0) is 9.84. The maximum Gasteiger partial charge on any atom is 0.234 e. The maximum absolute atomic E-state index is 11.1. The minimum atomic E-state index is -0.218. The summed E-state index contributed by atoms with van der Waals surface area (Å²) in [6.45, 7) is 3.72. The molecule has 0 aromatic carbocycles. The van der Waals surface area contributed by atoms with Gasteiger partial charge < -0.3 is 5.73 Å². The van der Waals surface area contributed by atoms with Crippen LogP contribution >= 0.6 is 15.9 Å². The second-order valence-electron chi connectivity index (χ2n) is 3.24. The Kier molecular flexibility index (Phi) is 3.93. The van der Waals surface area contributed by atoms with Crippen LogP contribution in [0.3, 0.4) is 0 Å². The average molecular weight is 247 g/mol. The molecule has 1 heterocycles. The lowest BCUT2D eigenvalue weighted by Gasteiger charge is -2.30. The molecule has 0 bridgehead atoms. The Morgan fingerprint density at radius 1 is 1.85 bits per heavy atom. The van der Waals surface area contributed by atoms with Gasteiger partial charge in [-0.3, -0.25) is 9.69 Å². The SMILES string of the molecule is CCC(C(N)=O)N1CCC=C(Br)C1. The van der Waals surface area contributed by atoms with E-state index in [1.165, 1.54) is 0 Å². The second-order valence-corrected chi connectivity index (χ2v) is 4.26. The Labute approximate surface area is 87.1 Å². The van der Waals surface area contributed by atoms with Crippen molar-refractivity contribution in [3.63, 3.8) is 0 Å². The van der Waals surface area contributed by atoms with E-state index in [0.717, 1.165) is 30.4 Å². The zero-order valence-electron chi connectivity index (χ0n) is 7.79. The third kappa shape index (κ3) is 2.81. The Morgan fingerprint density at radius 2 is 2.54 bits per heavy atom. The van der Waals surface area contributed by atoms with Gasteiger partial charge in [0, 0.05) is 17.6 Å². The molecule has 0 saturated heterocycles. The smallest absolute Gasteiger partial charge is 0.234 e. The average Bonchev–Trinajstić information content (AvgIpc) is 2.04. The summed E-state index contributed by atoms with van der Waals surface area (Å²) in [4.78, 5) is 13.2. The molecule has 0 saturated carbocycles. The maximum atomic E-state index is 11.1. The number of hydrogen-bond acceptors (Lipinski definition) is 2. The van der Waals surface area contributed by atoms with Crippen molar-refractivity contribution >= 4 is 21.8 Å². The predicted octanol–water partition coefficient (Wildman–Crippen LogP) is 1.23. The minimum absolute atomic E-state index is 0.110. The molecule has 1 rings (SSSR count). The quantitative estimate of drug-likeness (QED) is 0.815. The van der Waals surface area contributed by atoms with E-state index in [4.69, 9.17) is 5.73 Å². The largest absolute Gasteiger partial charge is 0.368 e. The zero-order valence-corrected chi connectivity index (χ0v) is 9.38. The minimum Gasteiger partial charge on any atom is -0.368 e. The van der Waals surface area contributed by atoms with Crippen molar-refractivity contribution in [1.29, 1.82) is 0 Å². The van der Waals surface area contributed by atoms with Gasteiger partial charge in [0.15, 0.2) is 0 Å². The molecule has 0 fully saturated rings. The molecular formula is C9H15BrN2O. The highest BCUT2D eigenvalue weighted by Gasteiger charge is 2.23. The molecule has 1 atom stereocenters. The summed E-state index contributed by atoms with van der Waals surface area (Å²) >= 11 is 3.44. The van der Waals surface area contributed by atoms with Gasteiger partial charge >= 0.3 is 0 Å². The van der Waals surface area contributed by atoms with Gasteiger partial charge in [0.25, 0.3) is 0 Å². The molecule has 13 heavy (non-hydrogen) atoms. The highest BCUT2D eigenvalue weighted by Crippen LogP contribution is 2.18. The first-order valence-corrected chi connectivity index (χ1v) is 5.32. The molecule has 4 heteroatoms. The van der Waals surface area contributed by atoms with E-state index in [2.05, 4.69) is 26.9 Å². The van der Waals surface area contributed by atoms with Gasteiger partial charge in [-0.15, -0.1) is 0 Å². The number of nitrogens with zero attached hydrogens (tertiary/aromatic N) is 1. The summed E-state index contributed by atoms with van der Waals surface area (Å²) in [6, 6.07) is -0.110. The molecule has 1 amide bonds. The van der Waals surface area contributed by atoms with E-state index in [0.29, 0.717) is 0 Å². The van der Waals surface area contributed by atoms with Crippen LogP contribution in [-0.2, 0) is 4.79 Å². The monoisotopic (exact) mass is 246 g/mol. The molecule has 0 spiro atoms. The van der Waals surface area contributed by atoms with Gasteiger partial charge in [-0.25, -0.2) is 0 Å². The number of carbonyl (C=O) groups is 1. The standard InChI is InChI=1S/C9H15BrN2O/c1-2-8(9(11)13)12-5-3-4-7(10)6-12/h4,8H,2-3,5-6H2,1H3,(H2,11,13). The van der Waals surface area contributed by atoms with Crippen molar-refractivity contribution in [2.75, 3.05) is 13.1 Å². The summed E-state index contributed by atoms with van der Waals surface area (Å²) in [5.41, 5.74) is 5.31. The van der Waals surface area contributed by atoms with Crippen LogP contribution < -0.4 is 5.73 Å². The summed E-state index contributed by atoms with van der Waals surface area (Å²) < 4.78 is 1.15. The van der Waals surface area contributed by atoms with Crippen molar-refractivity contribution < 1.29 is 4.79 Å². The normalized spacial score (nSPS) is 20.9. The Bertz CT molecular complexity index is 228. The number of primary amides is 1. The fourth-order valence-electron chi connectivity index (χ4n) is 1.63. The molecule has 0 aromatic rings.